The molecule has 0 aromatic carbocycles. The molecule has 0 saturated heterocycles. The Morgan fingerprint density at radius 3 is 2.50 bits per heavy atom. The van der Waals surface area contributed by atoms with Gasteiger partial charge in [0.1, 0.15) is 6.29 Å². The largest absolute Gasteiger partial charge is 0.308 e. The lowest BCUT2D eigenvalue weighted by atomic mass is 10.3. The van der Waals surface area contributed by atoms with Crippen molar-refractivity contribution in [3.05, 3.63) is 11.5 Å². The van der Waals surface area contributed by atoms with E-state index >= 15 is 0 Å². The van der Waals surface area contributed by atoms with Gasteiger partial charge in [-0.15, -0.1) is 0 Å². The highest BCUT2D eigenvalue weighted by atomic mass is 32.1. The molecule has 46 valence electrons. The molecule has 0 unspecified atom stereocenters. The van der Waals surface area contributed by atoms with Crippen molar-refractivity contribution < 1.29 is 4.79 Å². The van der Waals surface area contributed by atoms with Crippen LogP contribution in [0.4, 0.5) is 0 Å². The second-order valence-corrected chi connectivity index (χ2v) is 1.59. The quantitative estimate of drug-likeness (QED) is 0.423. The summed E-state index contributed by atoms with van der Waals surface area (Å²) in [4.78, 5) is 9.98. The van der Waals surface area contributed by atoms with Crippen LogP contribution < -0.4 is 5.32 Å². The minimum atomic E-state index is -0.188. The summed E-state index contributed by atoms with van der Waals surface area (Å²) < 4.78 is 0. The van der Waals surface area contributed by atoms with Crippen molar-refractivity contribution in [2.45, 2.75) is 6.04 Å². The first-order valence-electron chi connectivity index (χ1n) is 2.28. The second-order valence-electron chi connectivity index (χ2n) is 1.29. The summed E-state index contributed by atoms with van der Waals surface area (Å²) in [6, 6.07) is -0.188. The molecule has 0 aromatic rings. The summed E-state index contributed by atoms with van der Waals surface area (Å²) >= 11 is 3.79. The van der Waals surface area contributed by atoms with E-state index in [1.807, 2.05) is 0 Å². The standard InChI is InChI=1S/C5H9NOS/c1-6-5(4-7)2-3-8/h2-6,8H,1H3/b3-2+/t5-/m0/s1. The van der Waals surface area contributed by atoms with Crippen molar-refractivity contribution in [2.75, 3.05) is 7.05 Å². The molecule has 1 atom stereocenters. The molecule has 1 N–H and O–H groups in total. The molecule has 0 saturated carbocycles. The number of thiol groups is 1. The van der Waals surface area contributed by atoms with Gasteiger partial charge < -0.3 is 10.1 Å². The molecule has 0 bridgehead atoms. The summed E-state index contributed by atoms with van der Waals surface area (Å²) in [6.07, 6.45) is 2.48. The van der Waals surface area contributed by atoms with Crippen molar-refractivity contribution >= 4 is 18.9 Å². The zero-order valence-corrected chi connectivity index (χ0v) is 5.56. The molecular formula is C5H9NOS. The van der Waals surface area contributed by atoms with Crippen LogP contribution in [0.2, 0.25) is 0 Å². The van der Waals surface area contributed by atoms with E-state index in [1.54, 1.807) is 13.1 Å². The minimum Gasteiger partial charge on any atom is -0.308 e. The van der Waals surface area contributed by atoms with Crippen LogP contribution in [0.25, 0.3) is 0 Å². The van der Waals surface area contributed by atoms with Gasteiger partial charge >= 0.3 is 0 Å². The fourth-order valence-corrected chi connectivity index (χ4v) is 0.488. The fourth-order valence-electron chi connectivity index (χ4n) is 0.302. The number of hydrogen-bond donors (Lipinski definition) is 2. The van der Waals surface area contributed by atoms with Gasteiger partial charge in [0.15, 0.2) is 0 Å². The van der Waals surface area contributed by atoms with Crippen molar-refractivity contribution in [3.63, 3.8) is 0 Å². The smallest absolute Gasteiger partial charge is 0.140 e. The average Bonchev–Trinajstić information content (AvgIpc) is 1.83. The summed E-state index contributed by atoms with van der Waals surface area (Å²) in [6.45, 7) is 0. The Labute approximate surface area is 54.4 Å². The van der Waals surface area contributed by atoms with Crippen LogP contribution in [0, 0.1) is 0 Å². The van der Waals surface area contributed by atoms with E-state index in [9.17, 15) is 4.79 Å². The maximum absolute atomic E-state index is 9.98. The lowest BCUT2D eigenvalue weighted by Crippen LogP contribution is -2.23. The molecular weight excluding hydrogens is 122 g/mol. The second kappa shape index (κ2) is 4.87. The molecule has 0 amide bonds. The molecule has 0 fully saturated rings. The van der Waals surface area contributed by atoms with Gasteiger partial charge in [0.05, 0.1) is 6.04 Å². The van der Waals surface area contributed by atoms with E-state index in [1.165, 1.54) is 5.41 Å². The first-order chi connectivity index (χ1) is 3.85. The predicted molar refractivity (Wildman–Crippen MR) is 37.0 cm³/mol. The van der Waals surface area contributed by atoms with E-state index in [0.717, 1.165) is 6.29 Å². The monoisotopic (exact) mass is 131 g/mol. The van der Waals surface area contributed by atoms with Gasteiger partial charge in [-0.3, -0.25) is 0 Å². The van der Waals surface area contributed by atoms with E-state index in [4.69, 9.17) is 0 Å². The molecule has 0 heterocycles. The van der Waals surface area contributed by atoms with Crippen LogP contribution in [-0.2, 0) is 4.79 Å². The van der Waals surface area contributed by atoms with Crippen molar-refractivity contribution in [3.8, 4) is 0 Å². The summed E-state index contributed by atoms with van der Waals surface area (Å²) in [5.74, 6) is 0. The SMILES string of the molecule is CN[C@H](C=O)/C=C/S. The summed E-state index contributed by atoms with van der Waals surface area (Å²) in [5.41, 5.74) is 0. The number of carbonyl (C=O) groups excluding carboxylic acids is 1. The first-order valence-corrected chi connectivity index (χ1v) is 2.80. The van der Waals surface area contributed by atoms with Gasteiger partial charge in [-0.1, -0.05) is 6.08 Å². The number of carbonyl (C=O) groups is 1. The zero-order chi connectivity index (χ0) is 6.41. The van der Waals surface area contributed by atoms with Crippen LogP contribution in [0.15, 0.2) is 11.5 Å². The molecule has 0 aliphatic carbocycles. The Morgan fingerprint density at radius 2 is 2.38 bits per heavy atom. The van der Waals surface area contributed by atoms with E-state index in [0.29, 0.717) is 0 Å². The van der Waals surface area contributed by atoms with Crippen LogP contribution in [0.5, 0.6) is 0 Å². The third-order valence-electron chi connectivity index (χ3n) is 0.773. The van der Waals surface area contributed by atoms with E-state index in [-0.39, 0.29) is 6.04 Å². The summed E-state index contributed by atoms with van der Waals surface area (Å²) in [5, 5.41) is 4.29. The highest BCUT2D eigenvalue weighted by molar-refractivity contribution is 7.83. The van der Waals surface area contributed by atoms with E-state index < -0.39 is 0 Å². The van der Waals surface area contributed by atoms with Crippen molar-refractivity contribution in [2.24, 2.45) is 0 Å². The Hall–Kier alpha value is -0.280. The van der Waals surface area contributed by atoms with Gasteiger partial charge in [0.2, 0.25) is 0 Å². The molecule has 0 aliphatic rings. The maximum atomic E-state index is 9.98. The van der Waals surface area contributed by atoms with Crippen LogP contribution >= 0.6 is 12.6 Å². The molecule has 0 spiro atoms. The van der Waals surface area contributed by atoms with E-state index in [2.05, 4.69) is 17.9 Å². The normalized spacial score (nSPS) is 14.2. The molecule has 8 heavy (non-hydrogen) atoms. The summed E-state index contributed by atoms with van der Waals surface area (Å²) in [7, 11) is 1.72. The number of likely N-dealkylation sites (N-methyl/N-ethyl adjacent to an activating group) is 1. The predicted octanol–water partition coefficient (Wildman–Crippen LogP) is 0.217. The molecule has 2 nitrogen and oxygen atoms in total. The molecule has 3 heteroatoms. The highest BCUT2D eigenvalue weighted by Gasteiger charge is 1.92. The number of rotatable bonds is 3. The minimum absolute atomic E-state index is 0.188. The lowest BCUT2D eigenvalue weighted by Gasteiger charge is -1.97. The molecule has 0 aromatic heterocycles. The van der Waals surface area contributed by atoms with Gasteiger partial charge in [-0.05, 0) is 12.5 Å². The Balaban J connectivity index is 3.52. The van der Waals surface area contributed by atoms with Gasteiger partial charge in [0, 0.05) is 0 Å². The Bertz CT molecular complexity index is 92.4. The molecule has 0 aliphatic heterocycles. The van der Waals surface area contributed by atoms with Crippen molar-refractivity contribution in [1.29, 1.82) is 0 Å². The zero-order valence-electron chi connectivity index (χ0n) is 4.66. The van der Waals surface area contributed by atoms with Gasteiger partial charge in [-0.2, -0.15) is 12.6 Å². The Kier molecular flexibility index (Phi) is 4.70. The number of nitrogens with one attached hydrogen (secondary N) is 1. The first kappa shape index (κ1) is 7.72. The topological polar surface area (TPSA) is 29.1 Å². The lowest BCUT2D eigenvalue weighted by molar-refractivity contribution is -0.108. The average molecular weight is 131 g/mol. The number of hydrogen-bond acceptors (Lipinski definition) is 3. The molecule has 0 radical (unpaired) electrons. The third kappa shape index (κ3) is 2.82. The van der Waals surface area contributed by atoms with Gasteiger partial charge in [0.25, 0.3) is 0 Å². The maximum Gasteiger partial charge on any atom is 0.140 e. The van der Waals surface area contributed by atoms with Crippen LogP contribution in [0.1, 0.15) is 0 Å². The number of aldehydes is 1. The fraction of sp³-hybridized carbons (Fsp3) is 0.400. The molecule has 0 rings (SSSR count). The highest BCUT2D eigenvalue weighted by Crippen LogP contribution is 1.81. The van der Waals surface area contributed by atoms with Crippen LogP contribution in [0.3, 0.4) is 0 Å². The van der Waals surface area contributed by atoms with Crippen molar-refractivity contribution in [1.82, 2.24) is 5.32 Å². The third-order valence-corrected chi connectivity index (χ3v) is 0.945. The Morgan fingerprint density at radius 1 is 1.75 bits per heavy atom. The van der Waals surface area contributed by atoms with Gasteiger partial charge in [-0.25, -0.2) is 0 Å². The van der Waals surface area contributed by atoms with Crippen LogP contribution in [-0.4, -0.2) is 19.4 Å².